The second-order valence-electron chi connectivity index (χ2n) is 7.58. The minimum Gasteiger partial charge on any atom is -0.444 e. The Bertz CT molecular complexity index is 1030. The van der Waals surface area contributed by atoms with Crippen molar-refractivity contribution >= 4 is 11.7 Å². The van der Waals surface area contributed by atoms with E-state index in [4.69, 9.17) is 10.2 Å². The third-order valence-electron chi connectivity index (χ3n) is 5.34. The molecule has 0 spiro atoms. The van der Waals surface area contributed by atoms with E-state index in [0.717, 1.165) is 29.7 Å². The van der Waals surface area contributed by atoms with Gasteiger partial charge in [0.15, 0.2) is 11.6 Å². The fraction of sp³-hybridized carbons (Fsp3) is 0.364. The molecule has 3 aromatic rings. The van der Waals surface area contributed by atoms with Crippen LogP contribution < -0.4 is 10.6 Å². The zero-order chi connectivity index (χ0) is 21.1. The quantitative estimate of drug-likeness (QED) is 0.644. The van der Waals surface area contributed by atoms with Crippen molar-refractivity contribution in [2.75, 3.05) is 11.4 Å². The number of primary amides is 1. The Hall–Kier alpha value is -3.29. The monoisotopic (exact) mass is 409 g/mol. The summed E-state index contributed by atoms with van der Waals surface area (Å²) in [6.07, 6.45) is 6.16. The Labute approximate surface area is 174 Å². The van der Waals surface area contributed by atoms with Crippen LogP contribution in [0.2, 0.25) is 0 Å². The van der Waals surface area contributed by atoms with Gasteiger partial charge in [-0.1, -0.05) is 24.3 Å². The van der Waals surface area contributed by atoms with Gasteiger partial charge >= 0.3 is 0 Å². The molecule has 1 unspecified atom stereocenters. The molecule has 30 heavy (non-hydrogen) atoms. The van der Waals surface area contributed by atoms with Crippen LogP contribution >= 0.6 is 0 Å². The molecule has 1 aliphatic rings. The zero-order valence-corrected chi connectivity index (χ0v) is 16.8. The van der Waals surface area contributed by atoms with Crippen LogP contribution in [0.3, 0.4) is 0 Å². The summed E-state index contributed by atoms with van der Waals surface area (Å²) >= 11 is 0. The highest BCUT2D eigenvalue weighted by molar-refractivity contribution is 5.76. The molecule has 1 saturated heterocycles. The van der Waals surface area contributed by atoms with Gasteiger partial charge in [0.25, 0.3) is 0 Å². The Balaban J connectivity index is 1.48. The van der Waals surface area contributed by atoms with E-state index in [-0.39, 0.29) is 18.4 Å². The number of benzene rings is 1. The Morgan fingerprint density at radius 2 is 1.97 bits per heavy atom. The molecule has 0 bridgehead atoms. The van der Waals surface area contributed by atoms with Crippen molar-refractivity contribution in [2.45, 2.75) is 45.1 Å². The number of carbonyl (C=O) groups excluding carboxylic acids is 1. The molecule has 1 aliphatic heterocycles. The van der Waals surface area contributed by atoms with Gasteiger partial charge in [0.1, 0.15) is 18.1 Å². The van der Waals surface area contributed by atoms with Gasteiger partial charge in [0, 0.05) is 6.54 Å². The topological polar surface area (TPSA) is 98.1 Å². The third-order valence-corrected chi connectivity index (χ3v) is 5.34. The number of nitrogens with zero attached hydrogens (tertiary/aromatic N) is 4. The van der Waals surface area contributed by atoms with Crippen molar-refractivity contribution in [3.05, 3.63) is 71.1 Å². The highest BCUT2D eigenvalue weighted by Crippen LogP contribution is 2.36. The lowest BCUT2D eigenvalue weighted by molar-refractivity contribution is -0.117. The van der Waals surface area contributed by atoms with Gasteiger partial charge in [0.05, 0.1) is 18.3 Å². The van der Waals surface area contributed by atoms with Gasteiger partial charge in [-0.3, -0.25) is 4.79 Å². The number of carbonyl (C=O) groups is 1. The summed E-state index contributed by atoms with van der Waals surface area (Å²) in [5.41, 5.74) is 7.51. The van der Waals surface area contributed by atoms with Gasteiger partial charge in [-0.15, -0.1) is 0 Å². The molecule has 2 aromatic heterocycles. The average Bonchev–Trinajstić information content (AvgIpc) is 3.37. The zero-order valence-electron chi connectivity index (χ0n) is 16.8. The molecular formula is C22H24FN5O2. The van der Waals surface area contributed by atoms with Crippen molar-refractivity contribution in [2.24, 2.45) is 5.73 Å². The number of halogens is 1. The smallest absolute Gasteiger partial charge is 0.221 e. The van der Waals surface area contributed by atoms with Crippen LogP contribution in [-0.2, 0) is 24.1 Å². The summed E-state index contributed by atoms with van der Waals surface area (Å²) in [4.78, 5) is 25.7. The molecule has 2 N–H and O–H groups in total. The largest absolute Gasteiger partial charge is 0.444 e. The summed E-state index contributed by atoms with van der Waals surface area (Å²) in [5, 5.41) is 0. The number of anilines is 1. The van der Waals surface area contributed by atoms with Gasteiger partial charge < -0.3 is 15.1 Å². The molecule has 156 valence electrons. The van der Waals surface area contributed by atoms with Gasteiger partial charge in [-0.05, 0) is 43.7 Å². The van der Waals surface area contributed by atoms with E-state index in [2.05, 4.69) is 15.0 Å². The molecular weight excluding hydrogens is 385 g/mol. The lowest BCUT2D eigenvalue weighted by atomic mass is 10.0. The van der Waals surface area contributed by atoms with E-state index in [0.29, 0.717) is 36.8 Å². The molecule has 1 fully saturated rings. The Morgan fingerprint density at radius 1 is 1.20 bits per heavy atom. The maximum atomic E-state index is 15.3. The minimum absolute atomic E-state index is 0.117. The van der Waals surface area contributed by atoms with E-state index in [1.807, 2.05) is 36.1 Å². The highest BCUT2D eigenvalue weighted by Gasteiger charge is 2.33. The first-order chi connectivity index (χ1) is 14.5. The first kappa shape index (κ1) is 20.0. The van der Waals surface area contributed by atoms with E-state index >= 15 is 4.39 Å². The van der Waals surface area contributed by atoms with Crippen LogP contribution in [0.4, 0.5) is 10.2 Å². The maximum absolute atomic E-state index is 15.3. The van der Waals surface area contributed by atoms with E-state index in [9.17, 15) is 4.79 Å². The number of amides is 1. The number of oxazole rings is 1. The van der Waals surface area contributed by atoms with Gasteiger partial charge in [0.2, 0.25) is 11.8 Å². The van der Waals surface area contributed by atoms with Crippen molar-refractivity contribution in [3.63, 3.8) is 0 Å². The molecule has 1 aromatic carbocycles. The molecule has 1 amide bonds. The fourth-order valence-electron chi connectivity index (χ4n) is 3.86. The fourth-order valence-corrected chi connectivity index (χ4v) is 3.86. The van der Waals surface area contributed by atoms with E-state index in [1.165, 1.54) is 6.33 Å². The highest BCUT2D eigenvalue weighted by atomic mass is 19.1. The molecule has 7 nitrogen and oxygen atoms in total. The normalized spacial score (nSPS) is 16.2. The second-order valence-corrected chi connectivity index (χ2v) is 7.58. The van der Waals surface area contributed by atoms with Crippen molar-refractivity contribution in [1.29, 1.82) is 0 Å². The van der Waals surface area contributed by atoms with Crippen LogP contribution in [0.15, 0.2) is 41.2 Å². The van der Waals surface area contributed by atoms with Crippen LogP contribution in [0.25, 0.3) is 0 Å². The average molecular weight is 409 g/mol. The van der Waals surface area contributed by atoms with Crippen LogP contribution in [-0.4, -0.2) is 27.4 Å². The molecule has 8 heteroatoms. The van der Waals surface area contributed by atoms with Crippen LogP contribution in [0, 0.1) is 12.7 Å². The number of hydrogen-bond acceptors (Lipinski definition) is 6. The first-order valence-electron chi connectivity index (χ1n) is 10.1. The van der Waals surface area contributed by atoms with Crippen molar-refractivity contribution < 1.29 is 13.6 Å². The predicted molar refractivity (Wildman–Crippen MR) is 109 cm³/mol. The van der Waals surface area contributed by atoms with Gasteiger partial charge in [-0.2, -0.15) is 0 Å². The molecule has 0 saturated carbocycles. The summed E-state index contributed by atoms with van der Waals surface area (Å²) in [6.45, 7) is 2.54. The lowest BCUT2D eigenvalue weighted by Gasteiger charge is -2.24. The predicted octanol–water partition coefficient (Wildman–Crippen LogP) is 3.07. The Morgan fingerprint density at radius 3 is 2.67 bits per heavy atom. The van der Waals surface area contributed by atoms with Crippen molar-refractivity contribution in [1.82, 2.24) is 15.0 Å². The third kappa shape index (κ3) is 4.32. The summed E-state index contributed by atoms with van der Waals surface area (Å²) in [6, 6.07) is 7.48. The van der Waals surface area contributed by atoms with Crippen LogP contribution in [0.1, 0.15) is 47.4 Å². The molecule has 3 heterocycles. The summed E-state index contributed by atoms with van der Waals surface area (Å²) in [5.74, 6) is 0.884. The number of aromatic nitrogens is 3. The minimum atomic E-state index is -0.391. The number of rotatable bonds is 7. The number of hydrogen-bond donors (Lipinski definition) is 1. The lowest BCUT2D eigenvalue weighted by Crippen LogP contribution is -2.25. The number of nitrogens with two attached hydrogens (primary N) is 1. The molecule has 4 rings (SSSR count). The second kappa shape index (κ2) is 8.61. The first-order valence-corrected chi connectivity index (χ1v) is 10.1. The molecule has 0 radical (unpaired) electrons. The Kier molecular flexibility index (Phi) is 5.74. The molecule has 1 atom stereocenters. The number of aryl methyl sites for hydroxylation is 3. The van der Waals surface area contributed by atoms with E-state index < -0.39 is 5.82 Å². The SMILES string of the molecule is Cc1cnc(C2CCCN2c2ncnc(CCc3ccc(CC(N)=O)cc3)c2F)o1. The standard InChI is InChI=1S/C22H24FN5O2/c1-14-12-25-22(30-14)18-3-2-10-28(18)21-20(23)17(26-13-27-21)9-8-15-4-6-16(7-5-15)11-19(24)29/h4-7,12-13,18H,2-3,8-11H2,1H3,(H2,24,29). The van der Waals surface area contributed by atoms with E-state index in [1.54, 1.807) is 6.20 Å². The summed E-state index contributed by atoms with van der Waals surface area (Å²) < 4.78 is 20.9. The van der Waals surface area contributed by atoms with Crippen LogP contribution in [0.5, 0.6) is 0 Å². The maximum Gasteiger partial charge on any atom is 0.221 e. The summed E-state index contributed by atoms with van der Waals surface area (Å²) in [7, 11) is 0. The van der Waals surface area contributed by atoms with Gasteiger partial charge in [-0.25, -0.2) is 19.3 Å². The molecule has 0 aliphatic carbocycles. The van der Waals surface area contributed by atoms with Crippen molar-refractivity contribution in [3.8, 4) is 0 Å².